The molecule has 4 rings (SSSR count). The van der Waals surface area contributed by atoms with Crippen molar-refractivity contribution < 1.29 is 5.11 Å². The highest BCUT2D eigenvalue weighted by atomic mass is 35.5. The number of fused-ring (bicyclic) bond motifs is 2. The van der Waals surface area contributed by atoms with Gasteiger partial charge in [0.1, 0.15) is 0 Å². The monoisotopic (exact) mass is 328 g/mol. The van der Waals surface area contributed by atoms with E-state index in [1.165, 1.54) is 11.3 Å². The summed E-state index contributed by atoms with van der Waals surface area (Å²) in [5.41, 5.74) is 2.05. The van der Waals surface area contributed by atoms with Crippen LogP contribution in [0.4, 0.5) is 10.8 Å². The second-order valence-electron chi connectivity index (χ2n) is 4.68. The Morgan fingerprint density at radius 2 is 2.00 bits per heavy atom. The van der Waals surface area contributed by atoms with Crippen LogP contribution in [0.5, 0.6) is 5.88 Å². The zero-order valence-corrected chi connectivity index (χ0v) is 12.7. The van der Waals surface area contributed by atoms with Crippen molar-refractivity contribution in [3.05, 3.63) is 47.5 Å². The third-order valence-electron chi connectivity index (χ3n) is 3.23. The lowest BCUT2D eigenvalue weighted by molar-refractivity contribution is 0.459. The molecule has 0 fully saturated rings. The number of halogens is 1. The van der Waals surface area contributed by atoms with Crippen LogP contribution in [0.1, 0.15) is 0 Å². The molecule has 22 heavy (non-hydrogen) atoms. The minimum absolute atomic E-state index is 0.00546. The maximum Gasteiger partial charge on any atom is 0.231 e. The number of nitrogens with one attached hydrogen (secondary N) is 1. The molecule has 0 saturated carbocycles. The fourth-order valence-corrected chi connectivity index (χ4v) is 3.30. The minimum Gasteiger partial charge on any atom is -0.493 e. The lowest BCUT2D eigenvalue weighted by Gasteiger charge is -1.89. The predicted octanol–water partition coefficient (Wildman–Crippen LogP) is 5.55. The SMILES string of the molecule is Oc1[nH]c2ccccc2c1N=Nc1nc2ccc(Cl)cc2s1. The summed E-state index contributed by atoms with van der Waals surface area (Å²) in [4.78, 5) is 7.24. The van der Waals surface area contributed by atoms with Crippen molar-refractivity contribution in [1.82, 2.24) is 9.97 Å². The molecular formula is C15H9ClN4OS. The molecule has 4 aromatic rings. The van der Waals surface area contributed by atoms with Crippen LogP contribution in [-0.2, 0) is 0 Å². The van der Waals surface area contributed by atoms with E-state index < -0.39 is 0 Å². The quantitative estimate of drug-likeness (QED) is 0.473. The number of thiazole rings is 1. The Labute approximate surface area is 133 Å². The Hall–Kier alpha value is -2.44. The average molecular weight is 329 g/mol. The zero-order chi connectivity index (χ0) is 15.1. The van der Waals surface area contributed by atoms with E-state index in [-0.39, 0.29) is 5.88 Å². The number of nitrogens with zero attached hydrogens (tertiary/aromatic N) is 3. The Bertz CT molecular complexity index is 1020. The van der Waals surface area contributed by atoms with Crippen molar-refractivity contribution in [2.75, 3.05) is 0 Å². The van der Waals surface area contributed by atoms with Crippen LogP contribution in [0, 0.1) is 0 Å². The van der Waals surface area contributed by atoms with E-state index >= 15 is 0 Å². The van der Waals surface area contributed by atoms with Crippen molar-refractivity contribution >= 4 is 54.9 Å². The summed E-state index contributed by atoms with van der Waals surface area (Å²) in [7, 11) is 0. The van der Waals surface area contributed by atoms with Crippen LogP contribution in [0.2, 0.25) is 5.02 Å². The highest BCUT2D eigenvalue weighted by Crippen LogP contribution is 2.37. The van der Waals surface area contributed by atoms with Crippen molar-refractivity contribution in [3.8, 4) is 5.88 Å². The second-order valence-corrected chi connectivity index (χ2v) is 6.12. The number of aromatic hydroxyl groups is 1. The molecule has 2 aromatic heterocycles. The van der Waals surface area contributed by atoms with Crippen molar-refractivity contribution in [2.24, 2.45) is 10.2 Å². The van der Waals surface area contributed by atoms with Gasteiger partial charge in [-0.05, 0) is 24.3 Å². The van der Waals surface area contributed by atoms with Gasteiger partial charge in [-0.1, -0.05) is 41.1 Å². The molecule has 0 aliphatic carbocycles. The number of para-hydroxylation sites is 1. The molecule has 0 saturated heterocycles. The number of hydrogen-bond acceptors (Lipinski definition) is 5. The van der Waals surface area contributed by atoms with E-state index in [1.54, 1.807) is 6.07 Å². The van der Waals surface area contributed by atoms with Crippen LogP contribution in [0.15, 0.2) is 52.7 Å². The van der Waals surface area contributed by atoms with Gasteiger partial charge in [-0.25, -0.2) is 4.98 Å². The number of rotatable bonds is 2. The largest absolute Gasteiger partial charge is 0.493 e. The first-order valence-electron chi connectivity index (χ1n) is 6.48. The van der Waals surface area contributed by atoms with Crippen LogP contribution in [0.3, 0.4) is 0 Å². The van der Waals surface area contributed by atoms with E-state index in [9.17, 15) is 5.11 Å². The molecular weight excluding hydrogens is 320 g/mol. The van der Waals surface area contributed by atoms with E-state index in [4.69, 9.17) is 11.6 Å². The van der Waals surface area contributed by atoms with Crippen molar-refractivity contribution in [1.29, 1.82) is 0 Å². The third-order valence-corrected chi connectivity index (χ3v) is 4.37. The second kappa shape index (κ2) is 5.08. The van der Waals surface area contributed by atoms with Gasteiger partial charge in [-0.2, -0.15) is 0 Å². The van der Waals surface area contributed by atoms with E-state index in [0.29, 0.717) is 15.8 Å². The number of aromatic nitrogens is 2. The number of aromatic amines is 1. The molecule has 0 atom stereocenters. The first-order chi connectivity index (χ1) is 10.7. The van der Waals surface area contributed by atoms with Gasteiger partial charge in [-0.3, -0.25) is 0 Å². The zero-order valence-electron chi connectivity index (χ0n) is 11.1. The summed E-state index contributed by atoms with van der Waals surface area (Å²) in [6.45, 7) is 0. The Kier molecular flexibility index (Phi) is 3.06. The number of H-pyrrole nitrogens is 1. The first kappa shape index (κ1) is 13.2. The smallest absolute Gasteiger partial charge is 0.231 e. The van der Waals surface area contributed by atoms with Gasteiger partial charge in [0.2, 0.25) is 11.0 Å². The fraction of sp³-hybridized carbons (Fsp3) is 0. The molecule has 0 spiro atoms. The topological polar surface area (TPSA) is 73.6 Å². The maximum absolute atomic E-state index is 9.94. The third kappa shape index (κ3) is 2.22. The van der Waals surface area contributed by atoms with Crippen LogP contribution in [0.25, 0.3) is 21.1 Å². The Balaban J connectivity index is 1.77. The molecule has 2 N–H and O–H groups in total. The molecule has 2 heterocycles. The number of azo groups is 1. The molecule has 0 aliphatic heterocycles. The Morgan fingerprint density at radius 1 is 1.14 bits per heavy atom. The minimum atomic E-state index is -0.00546. The van der Waals surface area contributed by atoms with Crippen molar-refractivity contribution in [2.45, 2.75) is 0 Å². The number of hydrogen-bond donors (Lipinski definition) is 2. The molecule has 5 nitrogen and oxygen atoms in total. The van der Waals surface area contributed by atoms with Gasteiger partial charge in [-0.15, -0.1) is 10.2 Å². The van der Waals surface area contributed by atoms with Gasteiger partial charge in [0, 0.05) is 10.4 Å². The lowest BCUT2D eigenvalue weighted by Crippen LogP contribution is -1.66. The van der Waals surface area contributed by atoms with Gasteiger partial charge in [0.05, 0.1) is 15.7 Å². The molecule has 0 aliphatic rings. The summed E-state index contributed by atoms with van der Waals surface area (Å²) in [6.07, 6.45) is 0. The summed E-state index contributed by atoms with van der Waals surface area (Å²) in [6, 6.07) is 13.0. The highest BCUT2D eigenvalue weighted by Gasteiger charge is 2.10. The summed E-state index contributed by atoms with van der Waals surface area (Å²) >= 11 is 7.36. The normalized spacial score (nSPS) is 11.9. The number of benzene rings is 2. The van der Waals surface area contributed by atoms with E-state index in [1.807, 2.05) is 36.4 Å². The van der Waals surface area contributed by atoms with Crippen LogP contribution in [-0.4, -0.2) is 15.1 Å². The van der Waals surface area contributed by atoms with Gasteiger partial charge >= 0.3 is 0 Å². The predicted molar refractivity (Wildman–Crippen MR) is 88.8 cm³/mol. The molecule has 0 bridgehead atoms. The molecule has 0 unspecified atom stereocenters. The highest BCUT2D eigenvalue weighted by molar-refractivity contribution is 7.21. The molecule has 0 radical (unpaired) electrons. The van der Waals surface area contributed by atoms with E-state index in [2.05, 4.69) is 20.2 Å². The van der Waals surface area contributed by atoms with Gasteiger partial charge < -0.3 is 10.1 Å². The summed E-state index contributed by atoms with van der Waals surface area (Å²) in [5, 5.41) is 20.2. The fourth-order valence-electron chi connectivity index (χ4n) is 2.24. The first-order valence-corrected chi connectivity index (χ1v) is 7.68. The van der Waals surface area contributed by atoms with Crippen LogP contribution < -0.4 is 0 Å². The molecule has 2 aromatic carbocycles. The van der Waals surface area contributed by atoms with Crippen LogP contribution >= 0.6 is 22.9 Å². The molecule has 108 valence electrons. The summed E-state index contributed by atoms with van der Waals surface area (Å²) < 4.78 is 0.949. The summed E-state index contributed by atoms with van der Waals surface area (Å²) in [5.74, 6) is -0.00546. The molecule has 7 heteroatoms. The molecule has 0 amide bonds. The van der Waals surface area contributed by atoms with Gasteiger partial charge in [0.25, 0.3) is 0 Å². The Morgan fingerprint density at radius 3 is 2.91 bits per heavy atom. The average Bonchev–Trinajstić information content (AvgIpc) is 3.04. The van der Waals surface area contributed by atoms with E-state index in [0.717, 1.165) is 21.1 Å². The lowest BCUT2D eigenvalue weighted by atomic mass is 10.2. The maximum atomic E-state index is 9.94. The van der Waals surface area contributed by atoms with Crippen molar-refractivity contribution in [3.63, 3.8) is 0 Å². The van der Waals surface area contributed by atoms with Gasteiger partial charge in [0.15, 0.2) is 5.69 Å². The standard InChI is InChI=1S/C15H9ClN4OS/c16-8-5-6-11-12(7-8)22-15(18-11)20-19-13-9-3-1-2-4-10(9)17-14(13)21/h1-7,17,21H.